The van der Waals surface area contributed by atoms with Gasteiger partial charge in [-0.05, 0) is 0 Å². The Hall–Kier alpha value is -1.34. The van der Waals surface area contributed by atoms with E-state index in [2.05, 4.69) is 14.9 Å². The van der Waals surface area contributed by atoms with Crippen LogP contribution in [0.2, 0.25) is 0 Å². The number of anilines is 1. The van der Waals surface area contributed by atoms with E-state index in [1.54, 1.807) is 0 Å². The van der Waals surface area contributed by atoms with Gasteiger partial charge in [-0.2, -0.15) is 13.2 Å². The summed E-state index contributed by atoms with van der Waals surface area (Å²) in [6, 6.07) is 1.05. The van der Waals surface area contributed by atoms with Crippen LogP contribution in [-0.2, 0) is 11.6 Å². The van der Waals surface area contributed by atoms with Crippen LogP contribution in [0.15, 0.2) is 18.2 Å². The molecule has 0 spiro atoms. The van der Waals surface area contributed by atoms with Crippen molar-refractivity contribution in [2.24, 2.45) is 0 Å². The molecule has 4 nitrogen and oxygen atoms in total. The summed E-state index contributed by atoms with van der Waals surface area (Å²) in [5.74, 6) is 1.05. The molecule has 2 rings (SSSR count). The van der Waals surface area contributed by atoms with E-state index in [0.29, 0.717) is 24.8 Å². The van der Waals surface area contributed by atoms with Crippen molar-refractivity contribution in [3.05, 3.63) is 29.7 Å². The molecule has 0 amide bonds. The molecule has 1 saturated heterocycles. The quantitative estimate of drug-likeness (QED) is 0.592. The first-order valence-electron chi connectivity index (χ1n) is 8.26. The predicted octanol–water partition coefficient (Wildman–Crippen LogP) is 3.71. The van der Waals surface area contributed by atoms with Gasteiger partial charge in [0.1, 0.15) is 17.3 Å². The second kappa shape index (κ2) is 7.91. The van der Waals surface area contributed by atoms with Crippen molar-refractivity contribution in [2.45, 2.75) is 32.4 Å². The van der Waals surface area contributed by atoms with Gasteiger partial charge in [0.05, 0.1) is 0 Å². The van der Waals surface area contributed by atoms with E-state index in [-0.39, 0.29) is 5.82 Å². The van der Waals surface area contributed by atoms with Gasteiger partial charge >= 0.3 is 6.18 Å². The molecule has 1 aliphatic rings. The minimum Gasteiger partial charge on any atom is -0.354 e. The van der Waals surface area contributed by atoms with Gasteiger partial charge in [0.15, 0.2) is 0 Å². The maximum absolute atomic E-state index is 13.2. The van der Waals surface area contributed by atoms with Crippen LogP contribution in [0.4, 0.5) is 19.0 Å². The SMILES string of the molecule is CC(C)(C)c1nc(N2CCN(CC=CCCl)CC2)cc(C(F)(F)F)n1. The van der Waals surface area contributed by atoms with E-state index >= 15 is 0 Å². The first-order valence-corrected chi connectivity index (χ1v) is 8.80. The zero-order valence-corrected chi connectivity index (χ0v) is 15.5. The summed E-state index contributed by atoms with van der Waals surface area (Å²) in [6.07, 6.45) is -0.581. The number of alkyl halides is 4. The lowest BCUT2D eigenvalue weighted by Crippen LogP contribution is -2.47. The largest absolute Gasteiger partial charge is 0.433 e. The highest BCUT2D eigenvalue weighted by Crippen LogP contribution is 2.32. The summed E-state index contributed by atoms with van der Waals surface area (Å²) < 4.78 is 39.6. The van der Waals surface area contributed by atoms with Crippen molar-refractivity contribution in [1.29, 1.82) is 0 Å². The number of aromatic nitrogens is 2. The highest BCUT2D eigenvalue weighted by molar-refractivity contribution is 6.18. The fourth-order valence-corrected chi connectivity index (χ4v) is 2.65. The lowest BCUT2D eigenvalue weighted by atomic mass is 9.95. The van der Waals surface area contributed by atoms with Gasteiger partial charge in [0.2, 0.25) is 0 Å². The third kappa shape index (κ3) is 5.57. The Morgan fingerprint density at radius 2 is 1.72 bits per heavy atom. The Morgan fingerprint density at radius 3 is 2.24 bits per heavy atom. The molecule has 1 aromatic rings. The fourth-order valence-electron chi connectivity index (χ4n) is 2.52. The number of nitrogens with zero attached hydrogens (tertiary/aromatic N) is 4. The Balaban J connectivity index is 2.18. The van der Waals surface area contributed by atoms with Crippen LogP contribution in [-0.4, -0.2) is 53.5 Å². The molecule has 140 valence electrons. The highest BCUT2D eigenvalue weighted by Gasteiger charge is 2.35. The minimum atomic E-state index is -4.48. The van der Waals surface area contributed by atoms with Gasteiger partial charge < -0.3 is 4.90 Å². The first-order chi connectivity index (χ1) is 11.6. The molecule has 0 aliphatic carbocycles. The molecule has 0 atom stereocenters. The summed E-state index contributed by atoms with van der Waals surface area (Å²) in [7, 11) is 0. The molecule has 0 saturated carbocycles. The van der Waals surface area contributed by atoms with E-state index in [1.165, 1.54) is 0 Å². The Kier molecular flexibility index (Phi) is 6.32. The highest BCUT2D eigenvalue weighted by atomic mass is 35.5. The van der Waals surface area contributed by atoms with Gasteiger partial charge in [-0.25, -0.2) is 9.97 Å². The molecule has 2 heterocycles. The van der Waals surface area contributed by atoms with Crippen LogP contribution < -0.4 is 4.90 Å². The monoisotopic (exact) mass is 376 g/mol. The molecule has 0 N–H and O–H groups in total. The van der Waals surface area contributed by atoms with E-state index in [1.807, 2.05) is 37.8 Å². The number of piperazine rings is 1. The number of hydrogen-bond donors (Lipinski definition) is 0. The average Bonchev–Trinajstić information content (AvgIpc) is 2.54. The molecule has 1 fully saturated rings. The number of allylic oxidation sites excluding steroid dienone is 1. The topological polar surface area (TPSA) is 32.3 Å². The third-order valence-corrected chi connectivity index (χ3v) is 4.17. The fraction of sp³-hybridized carbons (Fsp3) is 0.647. The van der Waals surface area contributed by atoms with Crippen LogP contribution in [0, 0.1) is 0 Å². The second-order valence-electron chi connectivity index (χ2n) is 7.10. The lowest BCUT2D eigenvalue weighted by molar-refractivity contribution is -0.141. The van der Waals surface area contributed by atoms with E-state index in [0.717, 1.165) is 25.7 Å². The van der Waals surface area contributed by atoms with Gasteiger partial charge in [-0.1, -0.05) is 32.9 Å². The molecule has 0 unspecified atom stereocenters. The normalized spacial score (nSPS) is 17.5. The number of hydrogen-bond acceptors (Lipinski definition) is 4. The average molecular weight is 377 g/mol. The van der Waals surface area contributed by atoms with Crippen LogP contribution in [0.5, 0.6) is 0 Å². The van der Waals surface area contributed by atoms with Crippen LogP contribution in [0.25, 0.3) is 0 Å². The predicted molar refractivity (Wildman–Crippen MR) is 94.2 cm³/mol. The van der Waals surface area contributed by atoms with Crippen molar-refractivity contribution < 1.29 is 13.2 Å². The van der Waals surface area contributed by atoms with E-state index < -0.39 is 17.3 Å². The molecule has 25 heavy (non-hydrogen) atoms. The standard InChI is InChI=1S/C17H24ClF3N4/c1-16(2,3)15-22-13(17(19,20)21)12-14(23-15)25-10-8-24(9-11-25)7-5-4-6-18/h4-5,12H,6-11H2,1-3H3. The molecule has 0 aromatic carbocycles. The summed E-state index contributed by atoms with van der Waals surface area (Å²) in [6.45, 7) is 9.03. The molecule has 8 heteroatoms. The van der Waals surface area contributed by atoms with Crippen molar-refractivity contribution in [3.8, 4) is 0 Å². The zero-order chi connectivity index (χ0) is 18.7. The summed E-state index contributed by atoms with van der Waals surface area (Å²) >= 11 is 5.61. The van der Waals surface area contributed by atoms with Gasteiger partial charge in [0.25, 0.3) is 0 Å². The molecule has 0 radical (unpaired) electrons. The molecule has 1 aliphatic heterocycles. The first kappa shape index (κ1) is 20.0. The van der Waals surface area contributed by atoms with Crippen molar-refractivity contribution in [2.75, 3.05) is 43.5 Å². The van der Waals surface area contributed by atoms with Gasteiger partial charge in [-0.3, -0.25) is 4.90 Å². The van der Waals surface area contributed by atoms with Gasteiger partial charge in [0, 0.05) is 50.1 Å². The zero-order valence-electron chi connectivity index (χ0n) is 14.8. The number of rotatable bonds is 4. The summed E-state index contributed by atoms with van der Waals surface area (Å²) in [4.78, 5) is 12.3. The van der Waals surface area contributed by atoms with Crippen molar-refractivity contribution in [1.82, 2.24) is 14.9 Å². The third-order valence-electron chi connectivity index (χ3n) is 3.99. The molecular formula is C17H24ClF3N4. The van der Waals surface area contributed by atoms with Crippen LogP contribution >= 0.6 is 11.6 Å². The summed E-state index contributed by atoms with van der Waals surface area (Å²) in [5, 5.41) is 0. The second-order valence-corrected chi connectivity index (χ2v) is 7.40. The maximum Gasteiger partial charge on any atom is 0.433 e. The Labute approximate surface area is 151 Å². The minimum absolute atomic E-state index is 0.213. The number of halogens is 4. The van der Waals surface area contributed by atoms with Gasteiger partial charge in [-0.15, -0.1) is 11.6 Å². The van der Waals surface area contributed by atoms with E-state index in [9.17, 15) is 13.2 Å². The van der Waals surface area contributed by atoms with Crippen molar-refractivity contribution >= 4 is 17.4 Å². The summed E-state index contributed by atoms with van der Waals surface area (Å²) in [5.41, 5.74) is -1.43. The maximum atomic E-state index is 13.2. The van der Waals surface area contributed by atoms with E-state index in [4.69, 9.17) is 11.6 Å². The lowest BCUT2D eigenvalue weighted by Gasteiger charge is -2.35. The smallest absolute Gasteiger partial charge is 0.354 e. The Bertz CT molecular complexity index is 571. The van der Waals surface area contributed by atoms with Crippen LogP contribution in [0.1, 0.15) is 32.3 Å². The molecular weight excluding hydrogens is 353 g/mol. The molecule has 0 bridgehead atoms. The molecule has 1 aromatic heterocycles. The van der Waals surface area contributed by atoms with Crippen molar-refractivity contribution in [3.63, 3.8) is 0 Å². The Morgan fingerprint density at radius 1 is 1.08 bits per heavy atom. The van der Waals surface area contributed by atoms with Crippen LogP contribution in [0.3, 0.4) is 0 Å².